The Kier molecular flexibility index (Phi) is 4.84. The minimum atomic E-state index is -3.46. The van der Waals surface area contributed by atoms with Gasteiger partial charge in [-0.05, 0) is 28.4 Å². The first-order valence-corrected chi connectivity index (χ1v) is 8.65. The largest absolute Gasteiger partial charge is 0.372 e. The molecule has 0 aliphatic carbocycles. The average molecular weight is 371 g/mol. The van der Waals surface area contributed by atoms with Gasteiger partial charge in [0.25, 0.3) is 10.1 Å². The van der Waals surface area contributed by atoms with Crippen LogP contribution in [0.3, 0.4) is 0 Å². The van der Waals surface area contributed by atoms with E-state index < -0.39 is 16.2 Å². The van der Waals surface area contributed by atoms with Crippen LogP contribution in [0.5, 0.6) is 0 Å². The monoisotopic (exact) mass is 369 g/mol. The van der Waals surface area contributed by atoms with E-state index in [0.29, 0.717) is 30.2 Å². The molecule has 1 aliphatic rings. The lowest BCUT2D eigenvalue weighted by molar-refractivity contribution is -0.0361. The molecule has 1 saturated heterocycles. The molecule has 0 radical (unpaired) electrons. The van der Waals surface area contributed by atoms with E-state index in [4.69, 9.17) is 20.5 Å². The minimum Gasteiger partial charge on any atom is -0.372 e. The summed E-state index contributed by atoms with van der Waals surface area (Å²) in [6.45, 7) is 0.416. The second kappa shape index (κ2) is 6.05. The third-order valence-corrected chi connectivity index (χ3v) is 4.05. The normalized spacial score (nSPS) is 24.4. The fourth-order valence-electron chi connectivity index (χ4n) is 1.95. The van der Waals surface area contributed by atoms with E-state index in [9.17, 15) is 8.42 Å². The quantitative estimate of drug-likeness (QED) is 0.765. The van der Waals surface area contributed by atoms with Gasteiger partial charge in [-0.15, -0.1) is 0 Å². The fraction of sp³-hybridized carbons (Fsp3) is 0.545. The van der Waals surface area contributed by atoms with Crippen molar-refractivity contribution in [1.82, 2.24) is 4.98 Å². The summed E-state index contributed by atoms with van der Waals surface area (Å²) in [4.78, 5) is 4.22. The lowest BCUT2D eigenvalue weighted by atomic mass is 10.0. The predicted octanol–water partition coefficient (Wildman–Crippen LogP) is 2.69. The lowest BCUT2D eigenvalue weighted by Gasteiger charge is -2.28. The maximum Gasteiger partial charge on any atom is 0.264 e. The van der Waals surface area contributed by atoms with E-state index in [1.54, 1.807) is 12.3 Å². The Labute approximate surface area is 125 Å². The molecule has 2 atom stereocenters. The number of ether oxygens (including phenoxy) is 1. The third-order valence-electron chi connectivity index (χ3n) is 2.69. The van der Waals surface area contributed by atoms with Gasteiger partial charge in [0.2, 0.25) is 0 Å². The Balaban J connectivity index is 2.12. The molecule has 0 spiro atoms. The molecule has 5 nitrogen and oxygen atoms in total. The van der Waals surface area contributed by atoms with Crippen LogP contribution in [0, 0.1) is 0 Å². The van der Waals surface area contributed by atoms with Crippen molar-refractivity contribution in [2.45, 2.75) is 25.0 Å². The summed E-state index contributed by atoms with van der Waals surface area (Å²) in [5.41, 5.74) is 0.603. The van der Waals surface area contributed by atoms with Crippen molar-refractivity contribution in [3.63, 3.8) is 0 Å². The highest BCUT2D eigenvalue weighted by molar-refractivity contribution is 9.10. The predicted molar refractivity (Wildman–Crippen MR) is 74.6 cm³/mol. The van der Waals surface area contributed by atoms with Crippen LogP contribution < -0.4 is 0 Å². The van der Waals surface area contributed by atoms with Crippen LogP contribution in [-0.2, 0) is 19.0 Å². The number of rotatable bonds is 3. The average Bonchev–Trinajstić information content (AvgIpc) is 2.26. The van der Waals surface area contributed by atoms with Crippen molar-refractivity contribution < 1.29 is 17.3 Å². The van der Waals surface area contributed by atoms with Gasteiger partial charge in [0.15, 0.2) is 0 Å². The van der Waals surface area contributed by atoms with Crippen molar-refractivity contribution in [2.24, 2.45) is 0 Å². The zero-order valence-corrected chi connectivity index (χ0v) is 13.3. The SMILES string of the molecule is CS(=O)(=O)OC1CCOC(c2ncc(Br)cc2Cl)C1. The summed E-state index contributed by atoms with van der Waals surface area (Å²) in [6.07, 6.45) is 2.89. The summed E-state index contributed by atoms with van der Waals surface area (Å²) >= 11 is 9.39. The van der Waals surface area contributed by atoms with Crippen molar-refractivity contribution in [3.8, 4) is 0 Å². The summed E-state index contributed by atoms with van der Waals surface area (Å²) in [6, 6.07) is 1.73. The van der Waals surface area contributed by atoms with E-state index in [1.807, 2.05) is 0 Å². The second-order valence-corrected chi connectivity index (χ2v) is 7.25. The summed E-state index contributed by atoms with van der Waals surface area (Å²) in [5.74, 6) is 0. The van der Waals surface area contributed by atoms with Gasteiger partial charge in [-0.2, -0.15) is 8.42 Å². The van der Waals surface area contributed by atoms with Gasteiger partial charge < -0.3 is 4.74 Å². The molecule has 0 amide bonds. The Morgan fingerprint density at radius 2 is 2.32 bits per heavy atom. The number of nitrogens with zero attached hydrogens (tertiary/aromatic N) is 1. The molecule has 1 fully saturated rings. The van der Waals surface area contributed by atoms with Crippen LogP contribution in [0.25, 0.3) is 0 Å². The zero-order chi connectivity index (χ0) is 14.0. The highest BCUT2D eigenvalue weighted by Gasteiger charge is 2.29. The Morgan fingerprint density at radius 3 is 2.95 bits per heavy atom. The molecule has 1 aliphatic heterocycles. The van der Waals surface area contributed by atoms with Gasteiger partial charge in [0.1, 0.15) is 6.10 Å². The number of pyridine rings is 1. The van der Waals surface area contributed by atoms with Gasteiger partial charge in [-0.1, -0.05) is 11.6 Å². The van der Waals surface area contributed by atoms with Crippen LogP contribution in [-0.4, -0.2) is 32.4 Å². The van der Waals surface area contributed by atoms with Crippen LogP contribution in [0.4, 0.5) is 0 Å². The molecule has 0 saturated carbocycles. The highest BCUT2D eigenvalue weighted by Crippen LogP contribution is 2.33. The zero-order valence-electron chi connectivity index (χ0n) is 10.2. The summed E-state index contributed by atoms with van der Waals surface area (Å²) in [5, 5.41) is 0.486. The number of hydrogen-bond acceptors (Lipinski definition) is 5. The van der Waals surface area contributed by atoms with E-state index in [0.717, 1.165) is 10.7 Å². The van der Waals surface area contributed by atoms with E-state index in [-0.39, 0.29) is 6.10 Å². The van der Waals surface area contributed by atoms with Crippen molar-refractivity contribution in [3.05, 3.63) is 27.5 Å². The van der Waals surface area contributed by atoms with Gasteiger partial charge >= 0.3 is 0 Å². The summed E-state index contributed by atoms with van der Waals surface area (Å²) in [7, 11) is -3.46. The van der Waals surface area contributed by atoms with Gasteiger partial charge in [0, 0.05) is 17.1 Å². The molecule has 19 heavy (non-hydrogen) atoms. The van der Waals surface area contributed by atoms with E-state index in [1.165, 1.54) is 0 Å². The topological polar surface area (TPSA) is 65.5 Å². The fourth-order valence-corrected chi connectivity index (χ4v) is 3.37. The molecular weight excluding hydrogens is 358 g/mol. The molecular formula is C11H13BrClNO4S. The Bertz CT molecular complexity index is 566. The maximum absolute atomic E-state index is 11.1. The summed E-state index contributed by atoms with van der Waals surface area (Å²) < 4.78 is 33.7. The maximum atomic E-state index is 11.1. The van der Waals surface area contributed by atoms with Gasteiger partial charge in [0.05, 0.1) is 29.7 Å². The van der Waals surface area contributed by atoms with E-state index >= 15 is 0 Å². The molecule has 0 aromatic carbocycles. The van der Waals surface area contributed by atoms with Crippen molar-refractivity contribution in [1.29, 1.82) is 0 Å². The molecule has 0 N–H and O–H groups in total. The first-order chi connectivity index (χ1) is 8.85. The Morgan fingerprint density at radius 1 is 1.58 bits per heavy atom. The molecule has 2 rings (SSSR count). The molecule has 2 unspecified atom stereocenters. The standard InChI is InChI=1S/C11H13BrClNO4S/c1-19(15,16)18-8-2-3-17-10(5-8)11-9(13)4-7(12)6-14-11/h4,6,8,10H,2-3,5H2,1H3. The van der Waals surface area contributed by atoms with Crippen molar-refractivity contribution >= 4 is 37.6 Å². The van der Waals surface area contributed by atoms with E-state index in [2.05, 4.69) is 20.9 Å². The third kappa shape index (κ3) is 4.39. The second-order valence-electron chi connectivity index (χ2n) is 4.33. The highest BCUT2D eigenvalue weighted by atomic mass is 79.9. The Hall–Kier alpha value is -0.210. The van der Waals surface area contributed by atoms with Crippen LogP contribution in [0.1, 0.15) is 24.6 Å². The molecule has 1 aromatic rings. The van der Waals surface area contributed by atoms with Gasteiger partial charge in [-0.25, -0.2) is 0 Å². The minimum absolute atomic E-state index is 0.346. The van der Waals surface area contributed by atoms with Crippen LogP contribution >= 0.6 is 27.5 Å². The molecule has 8 heteroatoms. The van der Waals surface area contributed by atoms with Crippen LogP contribution in [0.2, 0.25) is 5.02 Å². The molecule has 0 bridgehead atoms. The first-order valence-electron chi connectivity index (χ1n) is 5.66. The molecule has 1 aromatic heterocycles. The van der Waals surface area contributed by atoms with Crippen molar-refractivity contribution in [2.75, 3.05) is 12.9 Å². The number of aromatic nitrogens is 1. The smallest absolute Gasteiger partial charge is 0.264 e. The van der Waals surface area contributed by atoms with Gasteiger partial charge in [-0.3, -0.25) is 9.17 Å². The molecule has 2 heterocycles. The number of halogens is 2. The number of hydrogen-bond donors (Lipinski definition) is 0. The van der Waals surface area contributed by atoms with Crippen LogP contribution in [0.15, 0.2) is 16.7 Å². The lowest BCUT2D eigenvalue weighted by Crippen LogP contribution is -2.28. The molecule has 106 valence electrons. The first kappa shape index (κ1) is 15.2.